The molecule has 1 rings (SSSR count). The largest absolute Gasteiger partial charge is 0.348 e. The number of carbonyl (C=O) groups is 1. The molecule has 1 amide bonds. The second-order valence-corrected chi connectivity index (χ2v) is 5.15. The van der Waals surface area contributed by atoms with E-state index in [4.69, 9.17) is 0 Å². The zero-order chi connectivity index (χ0) is 10.8. The van der Waals surface area contributed by atoms with E-state index in [1.807, 2.05) is 6.92 Å². The van der Waals surface area contributed by atoms with Crippen molar-refractivity contribution in [3.05, 3.63) is 16.6 Å². The number of thiazole rings is 1. The van der Waals surface area contributed by atoms with E-state index in [0.29, 0.717) is 5.69 Å². The lowest BCUT2D eigenvalue weighted by molar-refractivity contribution is 0.0906. The van der Waals surface area contributed by atoms with E-state index < -0.39 is 0 Å². The van der Waals surface area contributed by atoms with Gasteiger partial charge in [-0.2, -0.15) is 0 Å². The van der Waals surface area contributed by atoms with Crippen molar-refractivity contribution in [1.29, 1.82) is 0 Å². The Morgan fingerprint density at radius 1 is 1.57 bits per heavy atom. The lowest BCUT2D eigenvalue weighted by atomic mass is 9.88. The summed E-state index contributed by atoms with van der Waals surface area (Å²) in [5.74, 6) is -0.0892. The van der Waals surface area contributed by atoms with Gasteiger partial charge in [-0.05, 0) is 12.3 Å². The minimum atomic E-state index is -0.0892. The van der Waals surface area contributed by atoms with Crippen molar-refractivity contribution in [2.45, 2.75) is 33.7 Å². The van der Waals surface area contributed by atoms with Gasteiger partial charge in [0.15, 0.2) is 0 Å². The Hall–Kier alpha value is -0.900. The SMILES string of the molecule is C[C@H](NC(=O)c1cscn1)C(C)(C)C. The van der Waals surface area contributed by atoms with Crippen LogP contribution in [0.15, 0.2) is 10.9 Å². The summed E-state index contributed by atoms with van der Waals surface area (Å²) >= 11 is 1.43. The fourth-order valence-electron chi connectivity index (χ4n) is 0.812. The monoisotopic (exact) mass is 212 g/mol. The van der Waals surface area contributed by atoms with Crippen LogP contribution in [0.1, 0.15) is 38.2 Å². The molecule has 3 nitrogen and oxygen atoms in total. The van der Waals surface area contributed by atoms with Gasteiger partial charge in [-0.15, -0.1) is 11.3 Å². The van der Waals surface area contributed by atoms with Gasteiger partial charge in [0.05, 0.1) is 5.51 Å². The topological polar surface area (TPSA) is 42.0 Å². The van der Waals surface area contributed by atoms with E-state index >= 15 is 0 Å². The summed E-state index contributed by atoms with van der Waals surface area (Å²) in [6.45, 7) is 8.29. The molecule has 0 fully saturated rings. The fourth-order valence-corrected chi connectivity index (χ4v) is 1.34. The normalized spacial score (nSPS) is 13.7. The predicted octanol–water partition coefficient (Wildman–Crippen LogP) is 2.31. The Morgan fingerprint density at radius 2 is 2.21 bits per heavy atom. The van der Waals surface area contributed by atoms with Crippen molar-refractivity contribution in [2.24, 2.45) is 5.41 Å². The summed E-state index contributed by atoms with van der Waals surface area (Å²) in [6, 6.07) is 0.136. The van der Waals surface area contributed by atoms with E-state index in [1.165, 1.54) is 11.3 Å². The Morgan fingerprint density at radius 3 is 2.64 bits per heavy atom. The Balaban J connectivity index is 2.58. The average molecular weight is 212 g/mol. The molecule has 0 aliphatic carbocycles. The molecule has 1 aromatic heterocycles. The molecule has 0 spiro atoms. The number of aromatic nitrogens is 1. The van der Waals surface area contributed by atoms with Gasteiger partial charge in [0, 0.05) is 11.4 Å². The van der Waals surface area contributed by atoms with Crippen LogP contribution in [-0.2, 0) is 0 Å². The highest BCUT2D eigenvalue weighted by Gasteiger charge is 2.22. The Labute approximate surface area is 88.6 Å². The molecule has 0 radical (unpaired) electrons. The van der Waals surface area contributed by atoms with Crippen molar-refractivity contribution in [1.82, 2.24) is 10.3 Å². The van der Waals surface area contributed by atoms with Crippen LogP contribution in [0.2, 0.25) is 0 Å². The summed E-state index contributed by atoms with van der Waals surface area (Å²) in [6.07, 6.45) is 0. The Bertz CT molecular complexity index is 300. The standard InChI is InChI=1S/C10H16N2OS/c1-7(10(2,3)4)12-9(13)8-5-14-6-11-8/h5-7H,1-4H3,(H,12,13)/t7-/m0/s1. The van der Waals surface area contributed by atoms with Crippen molar-refractivity contribution >= 4 is 17.2 Å². The number of carbonyl (C=O) groups excluding carboxylic acids is 1. The first-order valence-electron chi connectivity index (χ1n) is 4.60. The molecule has 0 aromatic carbocycles. The molecule has 0 saturated heterocycles. The van der Waals surface area contributed by atoms with Crippen molar-refractivity contribution in [3.63, 3.8) is 0 Å². The lowest BCUT2D eigenvalue weighted by Gasteiger charge is -2.27. The van der Waals surface area contributed by atoms with Crippen LogP contribution in [-0.4, -0.2) is 16.9 Å². The zero-order valence-electron chi connectivity index (χ0n) is 9.00. The highest BCUT2D eigenvalue weighted by atomic mass is 32.1. The second-order valence-electron chi connectivity index (χ2n) is 4.43. The Kier molecular flexibility index (Phi) is 3.26. The molecule has 0 saturated carbocycles. The van der Waals surface area contributed by atoms with E-state index in [9.17, 15) is 4.79 Å². The number of nitrogens with zero attached hydrogens (tertiary/aromatic N) is 1. The van der Waals surface area contributed by atoms with E-state index in [1.54, 1.807) is 10.9 Å². The molecule has 0 aliphatic rings. The molecular weight excluding hydrogens is 196 g/mol. The van der Waals surface area contributed by atoms with Gasteiger partial charge in [-0.25, -0.2) is 4.98 Å². The molecule has 0 aliphatic heterocycles. The zero-order valence-corrected chi connectivity index (χ0v) is 9.81. The first-order valence-corrected chi connectivity index (χ1v) is 5.54. The molecule has 0 bridgehead atoms. The van der Waals surface area contributed by atoms with E-state index in [-0.39, 0.29) is 17.4 Å². The fraction of sp³-hybridized carbons (Fsp3) is 0.600. The van der Waals surface area contributed by atoms with Crippen molar-refractivity contribution < 1.29 is 4.79 Å². The quantitative estimate of drug-likeness (QED) is 0.817. The molecule has 0 unspecified atom stereocenters. The van der Waals surface area contributed by atoms with Crippen LogP contribution in [0.5, 0.6) is 0 Å². The number of nitrogens with one attached hydrogen (secondary N) is 1. The highest BCUT2D eigenvalue weighted by molar-refractivity contribution is 7.07. The molecule has 78 valence electrons. The molecule has 1 N–H and O–H groups in total. The van der Waals surface area contributed by atoms with Gasteiger partial charge in [-0.1, -0.05) is 20.8 Å². The third-order valence-corrected chi connectivity index (χ3v) is 2.90. The number of hydrogen-bond acceptors (Lipinski definition) is 3. The third-order valence-electron chi connectivity index (χ3n) is 2.31. The maximum Gasteiger partial charge on any atom is 0.270 e. The van der Waals surface area contributed by atoms with Crippen LogP contribution in [0, 0.1) is 5.41 Å². The third kappa shape index (κ3) is 2.80. The minimum absolute atomic E-state index is 0.0751. The van der Waals surface area contributed by atoms with Crippen LogP contribution < -0.4 is 5.32 Å². The molecule has 4 heteroatoms. The molecule has 14 heavy (non-hydrogen) atoms. The molecular formula is C10H16N2OS. The van der Waals surface area contributed by atoms with Crippen LogP contribution in [0.4, 0.5) is 0 Å². The van der Waals surface area contributed by atoms with Gasteiger partial charge in [0.1, 0.15) is 5.69 Å². The predicted molar refractivity (Wildman–Crippen MR) is 58.5 cm³/mol. The van der Waals surface area contributed by atoms with Crippen LogP contribution in [0.3, 0.4) is 0 Å². The number of hydrogen-bond donors (Lipinski definition) is 1. The lowest BCUT2D eigenvalue weighted by Crippen LogP contribution is -2.41. The summed E-state index contributed by atoms with van der Waals surface area (Å²) < 4.78 is 0. The van der Waals surface area contributed by atoms with Crippen molar-refractivity contribution in [3.8, 4) is 0 Å². The van der Waals surface area contributed by atoms with Gasteiger partial charge in [0.2, 0.25) is 0 Å². The second kappa shape index (κ2) is 4.09. The molecule has 1 atom stereocenters. The van der Waals surface area contributed by atoms with E-state index in [2.05, 4.69) is 31.1 Å². The molecule has 1 heterocycles. The number of rotatable bonds is 2. The molecule has 1 aromatic rings. The average Bonchev–Trinajstić information content (AvgIpc) is 2.53. The maximum atomic E-state index is 11.6. The van der Waals surface area contributed by atoms with Gasteiger partial charge in [-0.3, -0.25) is 4.79 Å². The van der Waals surface area contributed by atoms with Crippen LogP contribution in [0.25, 0.3) is 0 Å². The maximum absolute atomic E-state index is 11.6. The van der Waals surface area contributed by atoms with E-state index in [0.717, 1.165) is 0 Å². The minimum Gasteiger partial charge on any atom is -0.348 e. The smallest absolute Gasteiger partial charge is 0.270 e. The van der Waals surface area contributed by atoms with Gasteiger partial charge < -0.3 is 5.32 Å². The van der Waals surface area contributed by atoms with Crippen LogP contribution >= 0.6 is 11.3 Å². The first-order chi connectivity index (χ1) is 6.41. The summed E-state index contributed by atoms with van der Waals surface area (Å²) in [4.78, 5) is 15.6. The van der Waals surface area contributed by atoms with Gasteiger partial charge in [0.25, 0.3) is 5.91 Å². The first kappa shape index (κ1) is 11.2. The van der Waals surface area contributed by atoms with Crippen molar-refractivity contribution in [2.75, 3.05) is 0 Å². The summed E-state index contributed by atoms with van der Waals surface area (Å²) in [5.41, 5.74) is 2.24. The summed E-state index contributed by atoms with van der Waals surface area (Å²) in [7, 11) is 0. The summed E-state index contributed by atoms with van der Waals surface area (Å²) in [5, 5.41) is 4.68. The highest BCUT2D eigenvalue weighted by Crippen LogP contribution is 2.18. The van der Waals surface area contributed by atoms with Gasteiger partial charge >= 0.3 is 0 Å². The number of amides is 1.